The molecule has 1 heterocycles. The highest BCUT2D eigenvalue weighted by Crippen LogP contribution is 2.17. The van der Waals surface area contributed by atoms with Crippen LogP contribution in [0.2, 0.25) is 0 Å². The van der Waals surface area contributed by atoms with Crippen molar-refractivity contribution in [2.75, 3.05) is 5.32 Å². The molecule has 0 saturated carbocycles. The molecule has 0 spiro atoms. The Balaban J connectivity index is 1.63. The number of rotatable bonds is 7. The highest BCUT2D eigenvalue weighted by atomic mass is 16.2. The van der Waals surface area contributed by atoms with Gasteiger partial charge in [0, 0.05) is 18.1 Å². The summed E-state index contributed by atoms with van der Waals surface area (Å²) in [7, 11) is 0. The van der Waals surface area contributed by atoms with Crippen molar-refractivity contribution < 1.29 is 9.59 Å². The summed E-state index contributed by atoms with van der Waals surface area (Å²) < 4.78 is 1.78. The van der Waals surface area contributed by atoms with Gasteiger partial charge in [0.2, 0.25) is 11.8 Å². The molecule has 2 N–H and O–H groups in total. The van der Waals surface area contributed by atoms with Crippen molar-refractivity contribution in [2.45, 2.75) is 19.4 Å². The number of carbonyl (C=O) groups excluding carboxylic acids is 2. The van der Waals surface area contributed by atoms with Crippen LogP contribution in [0.1, 0.15) is 24.1 Å². The molecule has 0 aliphatic rings. The Labute approximate surface area is 163 Å². The molecule has 0 aliphatic carbocycles. The molecule has 0 bridgehead atoms. The zero-order valence-electron chi connectivity index (χ0n) is 15.6. The smallest absolute Gasteiger partial charge is 0.247 e. The predicted molar refractivity (Wildman–Crippen MR) is 109 cm³/mol. The van der Waals surface area contributed by atoms with Crippen molar-refractivity contribution in [1.82, 2.24) is 15.1 Å². The second kappa shape index (κ2) is 8.81. The van der Waals surface area contributed by atoms with E-state index >= 15 is 0 Å². The van der Waals surface area contributed by atoms with Crippen molar-refractivity contribution in [3.63, 3.8) is 0 Å². The van der Waals surface area contributed by atoms with Gasteiger partial charge >= 0.3 is 0 Å². The van der Waals surface area contributed by atoms with Crippen molar-refractivity contribution in [3.05, 3.63) is 90.8 Å². The molecular formula is C22H22N4O2. The third-order valence-electron chi connectivity index (χ3n) is 4.26. The van der Waals surface area contributed by atoms with Crippen LogP contribution in [0.3, 0.4) is 0 Å². The van der Waals surface area contributed by atoms with Gasteiger partial charge in [-0.2, -0.15) is 5.10 Å². The number of hydrogen-bond acceptors (Lipinski definition) is 3. The van der Waals surface area contributed by atoms with Crippen LogP contribution in [-0.2, 0) is 16.0 Å². The molecule has 0 fully saturated rings. The van der Waals surface area contributed by atoms with Gasteiger partial charge in [-0.25, -0.2) is 4.68 Å². The molecule has 1 aromatic heterocycles. The van der Waals surface area contributed by atoms with E-state index in [1.807, 2.05) is 49.5 Å². The minimum atomic E-state index is -0.285. The number of aromatic nitrogens is 2. The predicted octanol–water partition coefficient (Wildman–Crippen LogP) is 3.42. The van der Waals surface area contributed by atoms with Crippen LogP contribution >= 0.6 is 0 Å². The van der Waals surface area contributed by atoms with E-state index in [1.165, 1.54) is 6.08 Å². The Kier molecular flexibility index (Phi) is 6.01. The topological polar surface area (TPSA) is 76.0 Å². The van der Waals surface area contributed by atoms with Crippen LogP contribution in [-0.4, -0.2) is 21.6 Å². The highest BCUT2D eigenvalue weighted by molar-refractivity contribution is 5.98. The standard InChI is InChI=1S/C22H22N4O2/c1-3-21(27)25-19-9-4-7-17(13-19)14-22(28)24-16(2)18-8-5-10-20(15-18)26-12-6-11-23-26/h3-13,15-16H,1,14H2,2H3,(H,24,28)(H,25,27). The molecule has 1 atom stereocenters. The first-order valence-electron chi connectivity index (χ1n) is 8.97. The molecule has 6 heteroatoms. The molecule has 0 saturated heterocycles. The van der Waals surface area contributed by atoms with Crippen LogP contribution in [0, 0.1) is 0 Å². The van der Waals surface area contributed by atoms with Gasteiger partial charge in [-0.05, 0) is 54.5 Å². The summed E-state index contributed by atoms with van der Waals surface area (Å²) in [6.45, 7) is 5.38. The second-order valence-electron chi connectivity index (χ2n) is 6.41. The number of benzene rings is 2. The molecule has 2 aromatic carbocycles. The van der Waals surface area contributed by atoms with Gasteiger partial charge in [-0.1, -0.05) is 30.8 Å². The largest absolute Gasteiger partial charge is 0.349 e. The molecule has 6 nitrogen and oxygen atoms in total. The van der Waals surface area contributed by atoms with Crippen molar-refractivity contribution >= 4 is 17.5 Å². The molecule has 142 valence electrons. The van der Waals surface area contributed by atoms with E-state index in [9.17, 15) is 9.59 Å². The van der Waals surface area contributed by atoms with Gasteiger partial charge in [0.05, 0.1) is 18.2 Å². The van der Waals surface area contributed by atoms with E-state index in [2.05, 4.69) is 22.3 Å². The van der Waals surface area contributed by atoms with Crippen LogP contribution in [0.4, 0.5) is 5.69 Å². The first-order chi connectivity index (χ1) is 13.5. The van der Waals surface area contributed by atoms with Gasteiger partial charge in [-0.15, -0.1) is 0 Å². The lowest BCUT2D eigenvalue weighted by Gasteiger charge is -2.16. The SMILES string of the molecule is C=CC(=O)Nc1cccc(CC(=O)NC(C)c2cccc(-n3cccn3)c2)c1. The lowest BCUT2D eigenvalue weighted by atomic mass is 10.1. The lowest BCUT2D eigenvalue weighted by molar-refractivity contribution is -0.121. The van der Waals surface area contributed by atoms with E-state index < -0.39 is 0 Å². The summed E-state index contributed by atoms with van der Waals surface area (Å²) in [5.74, 6) is -0.378. The Morgan fingerprint density at radius 1 is 1.18 bits per heavy atom. The number of hydrogen-bond donors (Lipinski definition) is 2. The molecular weight excluding hydrogens is 352 g/mol. The maximum atomic E-state index is 12.5. The molecule has 3 aromatic rings. The average molecular weight is 374 g/mol. The van der Waals surface area contributed by atoms with Gasteiger partial charge in [0.1, 0.15) is 0 Å². The second-order valence-corrected chi connectivity index (χ2v) is 6.41. The molecule has 1 unspecified atom stereocenters. The van der Waals surface area contributed by atoms with Crippen LogP contribution in [0.5, 0.6) is 0 Å². The molecule has 0 radical (unpaired) electrons. The first kappa shape index (κ1) is 19.1. The first-order valence-corrected chi connectivity index (χ1v) is 8.97. The Bertz CT molecular complexity index is 980. The summed E-state index contributed by atoms with van der Waals surface area (Å²) in [5, 5.41) is 9.94. The number of anilines is 1. The fourth-order valence-electron chi connectivity index (χ4n) is 2.87. The number of nitrogens with one attached hydrogen (secondary N) is 2. The van der Waals surface area contributed by atoms with Gasteiger partial charge in [0.25, 0.3) is 0 Å². The average Bonchev–Trinajstić information content (AvgIpc) is 3.23. The molecule has 2 amide bonds. The summed E-state index contributed by atoms with van der Waals surface area (Å²) >= 11 is 0. The summed E-state index contributed by atoms with van der Waals surface area (Å²) in [4.78, 5) is 23.9. The fraction of sp³-hybridized carbons (Fsp3) is 0.136. The van der Waals surface area contributed by atoms with Crippen molar-refractivity contribution in [3.8, 4) is 5.69 Å². The quantitative estimate of drug-likeness (QED) is 0.622. The number of nitrogens with zero attached hydrogens (tertiary/aromatic N) is 2. The maximum Gasteiger partial charge on any atom is 0.247 e. The zero-order valence-corrected chi connectivity index (χ0v) is 15.6. The van der Waals surface area contributed by atoms with Crippen molar-refractivity contribution in [1.29, 1.82) is 0 Å². The van der Waals surface area contributed by atoms with E-state index in [1.54, 1.807) is 29.1 Å². The lowest BCUT2D eigenvalue weighted by Crippen LogP contribution is -2.28. The summed E-state index contributed by atoms with van der Waals surface area (Å²) in [5.41, 5.74) is 3.38. The van der Waals surface area contributed by atoms with Gasteiger partial charge < -0.3 is 10.6 Å². The van der Waals surface area contributed by atoms with E-state index in [0.29, 0.717) is 5.69 Å². The number of carbonyl (C=O) groups is 2. The maximum absolute atomic E-state index is 12.5. The Hall–Kier alpha value is -3.67. The minimum absolute atomic E-state index is 0.0933. The highest BCUT2D eigenvalue weighted by Gasteiger charge is 2.12. The van der Waals surface area contributed by atoms with Gasteiger partial charge in [-0.3, -0.25) is 9.59 Å². The van der Waals surface area contributed by atoms with E-state index in [4.69, 9.17) is 0 Å². The molecule has 3 rings (SSSR count). The van der Waals surface area contributed by atoms with E-state index in [-0.39, 0.29) is 24.3 Å². The molecule has 28 heavy (non-hydrogen) atoms. The van der Waals surface area contributed by atoms with Crippen molar-refractivity contribution in [2.24, 2.45) is 0 Å². The third kappa shape index (κ3) is 4.94. The van der Waals surface area contributed by atoms with Crippen LogP contribution in [0.25, 0.3) is 5.69 Å². The minimum Gasteiger partial charge on any atom is -0.349 e. The number of amides is 2. The zero-order chi connectivity index (χ0) is 19.9. The van der Waals surface area contributed by atoms with Crippen LogP contribution < -0.4 is 10.6 Å². The fourth-order valence-corrected chi connectivity index (χ4v) is 2.87. The van der Waals surface area contributed by atoms with Gasteiger partial charge in [0.15, 0.2) is 0 Å². The Morgan fingerprint density at radius 2 is 2.00 bits per heavy atom. The Morgan fingerprint density at radius 3 is 2.75 bits per heavy atom. The third-order valence-corrected chi connectivity index (χ3v) is 4.26. The van der Waals surface area contributed by atoms with Crippen LogP contribution in [0.15, 0.2) is 79.6 Å². The molecule has 0 aliphatic heterocycles. The summed E-state index contributed by atoms with van der Waals surface area (Å²) in [6.07, 6.45) is 5.03. The van der Waals surface area contributed by atoms with E-state index in [0.717, 1.165) is 16.8 Å². The monoisotopic (exact) mass is 374 g/mol. The normalized spacial score (nSPS) is 11.5. The summed E-state index contributed by atoms with van der Waals surface area (Å²) in [6, 6.07) is 16.8.